The molecule has 94 valence electrons. The van der Waals surface area contributed by atoms with Gasteiger partial charge in [-0.05, 0) is 20.4 Å². The minimum atomic E-state index is 0.742. The van der Waals surface area contributed by atoms with Gasteiger partial charge in [0.25, 0.3) is 0 Å². The maximum atomic E-state index is 7.27. The zero-order chi connectivity index (χ0) is 12.2. The first-order chi connectivity index (χ1) is 7.66. The van der Waals surface area contributed by atoms with Crippen LogP contribution in [0.1, 0.15) is 19.8 Å². The summed E-state index contributed by atoms with van der Waals surface area (Å²) in [6.07, 6.45) is 1.73. The Morgan fingerprint density at radius 2 is 1.94 bits per heavy atom. The molecule has 0 atom stereocenters. The first-order valence-electron chi connectivity index (χ1n) is 5.38. The molecule has 0 aliphatic carbocycles. The van der Waals surface area contributed by atoms with E-state index in [0.29, 0.717) is 0 Å². The summed E-state index contributed by atoms with van der Waals surface area (Å²) >= 11 is 0. The largest absolute Gasteiger partial charge is 0.387 e. The van der Waals surface area contributed by atoms with Crippen molar-refractivity contribution in [3.63, 3.8) is 0 Å². The molecule has 0 aromatic carbocycles. The predicted octanol–water partition coefficient (Wildman–Crippen LogP) is 1.76. The zero-order valence-corrected chi connectivity index (χ0v) is 11.7. The molecule has 6 heteroatoms. The Morgan fingerprint density at radius 3 is 2.50 bits per heavy atom. The number of nitrogens with one attached hydrogen (secondary N) is 2. The number of aliphatic imine (C=N–C) groups is 1. The van der Waals surface area contributed by atoms with E-state index in [2.05, 4.69) is 10.3 Å². The van der Waals surface area contributed by atoms with Crippen molar-refractivity contribution in [1.29, 1.82) is 5.41 Å². The summed E-state index contributed by atoms with van der Waals surface area (Å²) in [5.74, 6) is 2.75. The van der Waals surface area contributed by atoms with Gasteiger partial charge in [0.1, 0.15) is 0 Å². The normalized spacial score (nSPS) is 11.8. The maximum absolute atomic E-state index is 7.27. The summed E-state index contributed by atoms with van der Waals surface area (Å²) in [6.45, 7) is 3.48. The summed E-state index contributed by atoms with van der Waals surface area (Å²) in [4.78, 5) is 4.24. The van der Waals surface area contributed by atoms with Gasteiger partial charge >= 0.3 is 0 Å². The van der Waals surface area contributed by atoms with E-state index in [4.69, 9.17) is 11.1 Å². The van der Waals surface area contributed by atoms with Gasteiger partial charge < -0.3 is 16.5 Å². The minimum Gasteiger partial charge on any atom is -0.387 e. The van der Waals surface area contributed by atoms with Crippen LogP contribution in [-0.4, -0.2) is 43.2 Å². The fourth-order valence-electron chi connectivity index (χ4n) is 0.849. The van der Waals surface area contributed by atoms with Gasteiger partial charge in [0.2, 0.25) is 0 Å². The second-order valence-corrected chi connectivity index (χ2v) is 6.10. The second kappa shape index (κ2) is 11.3. The van der Waals surface area contributed by atoms with E-state index in [-0.39, 0.29) is 0 Å². The smallest absolute Gasteiger partial charge is 0.0946 e. The summed E-state index contributed by atoms with van der Waals surface area (Å²) in [5.41, 5.74) is 6.49. The predicted molar refractivity (Wildman–Crippen MR) is 78.0 cm³/mol. The van der Waals surface area contributed by atoms with Gasteiger partial charge in [0.15, 0.2) is 0 Å². The number of hydrogen-bond donors (Lipinski definition) is 3. The molecular weight excluding hydrogens is 240 g/mol. The van der Waals surface area contributed by atoms with E-state index in [1.807, 2.05) is 14.0 Å². The quantitative estimate of drug-likeness (QED) is 0.243. The van der Waals surface area contributed by atoms with E-state index in [1.165, 1.54) is 0 Å². The van der Waals surface area contributed by atoms with Crippen LogP contribution >= 0.6 is 21.6 Å². The molecule has 0 saturated carbocycles. The minimum absolute atomic E-state index is 0.742. The van der Waals surface area contributed by atoms with E-state index >= 15 is 0 Å². The molecule has 0 aliphatic rings. The van der Waals surface area contributed by atoms with Crippen molar-refractivity contribution in [2.75, 3.05) is 31.6 Å². The number of likely N-dealkylation sites (N-methyl/N-ethyl adjacent to an activating group) is 1. The molecule has 16 heavy (non-hydrogen) atoms. The Hall–Kier alpha value is -0.200. The molecule has 0 aliphatic heterocycles. The third-order valence-corrected chi connectivity index (χ3v) is 4.17. The van der Waals surface area contributed by atoms with Crippen LogP contribution in [0, 0.1) is 5.41 Å². The van der Waals surface area contributed by atoms with Crippen LogP contribution in [0.25, 0.3) is 0 Å². The average molecular weight is 262 g/mol. The Balaban J connectivity index is 3.30. The number of nitrogens with zero attached hydrogens (tertiary/aromatic N) is 1. The Labute approximate surface area is 106 Å². The summed E-state index contributed by atoms with van der Waals surface area (Å²) < 4.78 is 0. The zero-order valence-electron chi connectivity index (χ0n) is 10.1. The highest BCUT2D eigenvalue weighted by Gasteiger charge is 1.95. The van der Waals surface area contributed by atoms with Crippen molar-refractivity contribution in [2.45, 2.75) is 19.8 Å². The van der Waals surface area contributed by atoms with E-state index < -0.39 is 0 Å². The molecule has 0 unspecified atom stereocenters. The van der Waals surface area contributed by atoms with Gasteiger partial charge in [-0.15, -0.1) is 0 Å². The first-order valence-corrected chi connectivity index (χ1v) is 7.87. The molecule has 0 spiro atoms. The van der Waals surface area contributed by atoms with Crippen LogP contribution in [0.15, 0.2) is 4.99 Å². The number of rotatable bonds is 10. The Kier molecular flexibility index (Phi) is 11.1. The molecule has 0 radical (unpaired) electrons. The second-order valence-electron chi connectivity index (χ2n) is 3.40. The number of amidine groups is 1. The van der Waals surface area contributed by atoms with Crippen LogP contribution in [0.4, 0.5) is 0 Å². The summed E-state index contributed by atoms with van der Waals surface area (Å²) in [6, 6.07) is 0. The molecule has 0 fully saturated rings. The fraction of sp³-hybridized carbons (Fsp3) is 0.800. The molecule has 0 rings (SSSR count). The molecular formula is C10H22N4S2. The van der Waals surface area contributed by atoms with Crippen LogP contribution in [0.5, 0.6) is 0 Å². The lowest BCUT2D eigenvalue weighted by molar-refractivity contribution is 0.800. The molecule has 0 aromatic rings. The van der Waals surface area contributed by atoms with Gasteiger partial charge in [-0.25, -0.2) is 0 Å². The third kappa shape index (κ3) is 11.9. The SMILES string of the molecule is CNCCN=C(N)CCSSCCC(C)=N. The lowest BCUT2D eigenvalue weighted by atomic mass is 10.3. The Bertz CT molecular complexity index is 219. The topological polar surface area (TPSA) is 74.3 Å². The average Bonchev–Trinajstić information content (AvgIpc) is 2.23. The molecule has 0 bridgehead atoms. The highest BCUT2D eigenvalue weighted by Crippen LogP contribution is 2.22. The van der Waals surface area contributed by atoms with Crippen molar-refractivity contribution < 1.29 is 0 Å². The molecule has 4 N–H and O–H groups in total. The molecule has 0 amide bonds. The lowest BCUT2D eigenvalue weighted by Gasteiger charge is -2.01. The third-order valence-electron chi connectivity index (χ3n) is 1.76. The first kappa shape index (κ1) is 15.8. The molecule has 0 aromatic heterocycles. The number of nitrogens with two attached hydrogens (primary N) is 1. The Morgan fingerprint density at radius 1 is 1.31 bits per heavy atom. The van der Waals surface area contributed by atoms with Crippen LogP contribution in [-0.2, 0) is 0 Å². The lowest BCUT2D eigenvalue weighted by Crippen LogP contribution is -2.17. The summed E-state index contributed by atoms with van der Waals surface area (Å²) in [5, 5.41) is 10.3. The molecule has 4 nitrogen and oxygen atoms in total. The van der Waals surface area contributed by atoms with Crippen LogP contribution in [0.2, 0.25) is 0 Å². The van der Waals surface area contributed by atoms with Crippen LogP contribution < -0.4 is 11.1 Å². The molecule has 0 heterocycles. The van der Waals surface area contributed by atoms with Crippen molar-refractivity contribution in [3.05, 3.63) is 0 Å². The highest BCUT2D eigenvalue weighted by molar-refractivity contribution is 8.76. The number of hydrogen-bond acceptors (Lipinski definition) is 5. The van der Waals surface area contributed by atoms with Gasteiger partial charge in [-0.1, -0.05) is 21.6 Å². The van der Waals surface area contributed by atoms with E-state index in [9.17, 15) is 0 Å². The van der Waals surface area contributed by atoms with Crippen molar-refractivity contribution in [3.8, 4) is 0 Å². The van der Waals surface area contributed by atoms with Crippen LogP contribution in [0.3, 0.4) is 0 Å². The van der Waals surface area contributed by atoms with Crippen molar-refractivity contribution >= 4 is 33.1 Å². The summed E-state index contributed by atoms with van der Waals surface area (Å²) in [7, 11) is 5.52. The molecule has 0 saturated heterocycles. The van der Waals surface area contributed by atoms with Gasteiger partial charge in [-0.2, -0.15) is 0 Å². The van der Waals surface area contributed by atoms with Gasteiger partial charge in [-0.3, -0.25) is 4.99 Å². The van der Waals surface area contributed by atoms with E-state index in [0.717, 1.165) is 49.0 Å². The van der Waals surface area contributed by atoms with E-state index in [1.54, 1.807) is 21.6 Å². The standard InChI is InChI=1S/C10H22N4S2/c1-9(11)3-7-15-16-8-4-10(12)14-6-5-13-2/h11,13H,3-8H2,1-2H3,(H2,12,14). The fourth-order valence-corrected chi connectivity index (χ4v) is 2.97. The van der Waals surface area contributed by atoms with Gasteiger partial charge in [0.05, 0.1) is 12.4 Å². The van der Waals surface area contributed by atoms with Gasteiger partial charge in [0, 0.05) is 30.2 Å². The monoisotopic (exact) mass is 262 g/mol. The van der Waals surface area contributed by atoms with Crippen molar-refractivity contribution in [1.82, 2.24) is 5.32 Å². The van der Waals surface area contributed by atoms with Crippen molar-refractivity contribution in [2.24, 2.45) is 10.7 Å². The maximum Gasteiger partial charge on any atom is 0.0946 e. The highest BCUT2D eigenvalue weighted by atomic mass is 33.1.